The second kappa shape index (κ2) is 6.64. The van der Waals surface area contributed by atoms with E-state index in [1.165, 1.54) is 16.5 Å². The third-order valence-corrected chi connectivity index (χ3v) is 4.83. The summed E-state index contributed by atoms with van der Waals surface area (Å²) >= 11 is 5.02. The molecule has 4 heteroatoms. The van der Waals surface area contributed by atoms with Crippen molar-refractivity contribution in [2.24, 2.45) is 0 Å². The van der Waals surface area contributed by atoms with Crippen LogP contribution in [-0.2, 0) is 6.42 Å². The average molecular weight is 342 g/mol. The normalized spacial score (nSPS) is 12.6. The van der Waals surface area contributed by atoms with Crippen molar-refractivity contribution in [3.63, 3.8) is 0 Å². The smallest absolute Gasteiger partial charge is 0.137 e. The second-order valence-electron chi connectivity index (χ2n) is 4.53. The Balaban J connectivity index is 2.21. The Hall–Kier alpha value is -0.710. The van der Waals surface area contributed by atoms with Gasteiger partial charge in [0.05, 0.1) is 4.47 Å². The molecule has 19 heavy (non-hydrogen) atoms. The van der Waals surface area contributed by atoms with Crippen molar-refractivity contribution < 1.29 is 4.39 Å². The fourth-order valence-electron chi connectivity index (χ4n) is 2.15. The Bertz CT molecular complexity index is 553. The number of halogens is 2. The van der Waals surface area contributed by atoms with Crippen LogP contribution >= 0.6 is 27.3 Å². The van der Waals surface area contributed by atoms with Gasteiger partial charge in [-0.3, -0.25) is 0 Å². The Morgan fingerprint density at radius 1 is 1.37 bits per heavy atom. The summed E-state index contributed by atoms with van der Waals surface area (Å²) < 4.78 is 13.8. The molecule has 0 amide bonds. The van der Waals surface area contributed by atoms with Crippen molar-refractivity contribution in [3.05, 3.63) is 55.9 Å². The van der Waals surface area contributed by atoms with E-state index in [1.54, 1.807) is 11.3 Å². The van der Waals surface area contributed by atoms with E-state index in [0.29, 0.717) is 10.5 Å². The first-order valence-corrected chi connectivity index (χ1v) is 8.00. The molecule has 0 fully saturated rings. The Morgan fingerprint density at radius 3 is 2.74 bits per heavy atom. The van der Waals surface area contributed by atoms with Crippen molar-refractivity contribution in [2.45, 2.75) is 26.3 Å². The molecule has 0 aliphatic carbocycles. The molecule has 0 saturated carbocycles. The monoisotopic (exact) mass is 341 g/mol. The lowest BCUT2D eigenvalue weighted by Gasteiger charge is -2.18. The molecule has 0 saturated heterocycles. The summed E-state index contributed by atoms with van der Waals surface area (Å²) in [6.45, 7) is 5.16. The number of hydrogen-bond acceptors (Lipinski definition) is 2. The first-order chi connectivity index (χ1) is 9.11. The van der Waals surface area contributed by atoms with Gasteiger partial charge in [-0.25, -0.2) is 4.39 Å². The van der Waals surface area contributed by atoms with E-state index in [1.807, 2.05) is 12.1 Å². The number of benzene rings is 1. The molecular weight excluding hydrogens is 325 g/mol. The SMILES string of the molecule is CCNC(Cc1ccc(F)c(Br)c1)c1sccc1C. The molecule has 1 unspecified atom stereocenters. The van der Waals surface area contributed by atoms with Gasteiger partial charge in [-0.05, 0) is 70.5 Å². The van der Waals surface area contributed by atoms with Crippen LogP contribution in [0.3, 0.4) is 0 Å². The minimum absolute atomic E-state index is 0.212. The van der Waals surface area contributed by atoms with Crippen LogP contribution in [0.2, 0.25) is 0 Å². The van der Waals surface area contributed by atoms with Crippen LogP contribution in [0, 0.1) is 12.7 Å². The van der Waals surface area contributed by atoms with Gasteiger partial charge in [0, 0.05) is 10.9 Å². The number of likely N-dealkylation sites (N-methyl/N-ethyl adjacent to an activating group) is 1. The van der Waals surface area contributed by atoms with Crippen LogP contribution in [0.15, 0.2) is 34.1 Å². The fraction of sp³-hybridized carbons (Fsp3) is 0.333. The summed E-state index contributed by atoms with van der Waals surface area (Å²) in [4.78, 5) is 1.36. The number of aryl methyl sites for hydroxylation is 1. The van der Waals surface area contributed by atoms with E-state index in [-0.39, 0.29) is 5.82 Å². The lowest BCUT2D eigenvalue weighted by atomic mass is 10.0. The number of hydrogen-bond donors (Lipinski definition) is 1. The predicted molar refractivity (Wildman–Crippen MR) is 83.3 cm³/mol. The minimum atomic E-state index is -0.212. The first-order valence-electron chi connectivity index (χ1n) is 6.33. The van der Waals surface area contributed by atoms with Crippen molar-refractivity contribution in [2.75, 3.05) is 6.54 Å². The lowest BCUT2D eigenvalue weighted by molar-refractivity contribution is 0.554. The third-order valence-electron chi connectivity index (χ3n) is 3.09. The highest BCUT2D eigenvalue weighted by Gasteiger charge is 2.15. The highest BCUT2D eigenvalue weighted by molar-refractivity contribution is 9.10. The maximum absolute atomic E-state index is 13.3. The molecule has 2 rings (SSSR count). The minimum Gasteiger partial charge on any atom is -0.309 e. The summed E-state index contributed by atoms with van der Waals surface area (Å²) in [7, 11) is 0. The van der Waals surface area contributed by atoms with Crippen molar-refractivity contribution in [1.82, 2.24) is 5.32 Å². The summed E-state index contributed by atoms with van der Waals surface area (Å²) in [5.41, 5.74) is 2.45. The highest BCUT2D eigenvalue weighted by atomic mass is 79.9. The molecule has 1 N–H and O–H groups in total. The maximum Gasteiger partial charge on any atom is 0.137 e. The summed E-state index contributed by atoms with van der Waals surface area (Å²) in [6.07, 6.45) is 0.869. The van der Waals surface area contributed by atoms with E-state index in [4.69, 9.17) is 0 Å². The topological polar surface area (TPSA) is 12.0 Å². The number of nitrogens with one attached hydrogen (secondary N) is 1. The predicted octanol–water partition coefficient (Wildman–Crippen LogP) is 4.85. The van der Waals surface area contributed by atoms with Crippen LogP contribution in [0.25, 0.3) is 0 Å². The number of thiophene rings is 1. The molecule has 1 atom stereocenters. The van der Waals surface area contributed by atoms with Gasteiger partial charge >= 0.3 is 0 Å². The third kappa shape index (κ3) is 3.65. The molecule has 1 nitrogen and oxygen atoms in total. The molecule has 0 bridgehead atoms. The zero-order chi connectivity index (χ0) is 13.8. The van der Waals surface area contributed by atoms with Gasteiger partial charge in [0.25, 0.3) is 0 Å². The van der Waals surface area contributed by atoms with Crippen LogP contribution in [0.5, 0.6) is 0 Å². The number of rotatable bonds is 5. The van der Waals surface area contributed by atoms with Gasteiger partial charge < -0.3 is 5.32 Å². The largest absolute Gasteiger partial charge is 0.309 e. The second-order valence-corrected chi connectivity index (χ2v) is 6.33. The van der Waals surface area contributed by atoms with Gasteiger partial charge in [0.1, 0.15) is 5.82 Å². The van der Waals surface area contributed by atoms with E-state index in [0.717, 1.165) is 18.5 Å². The molecule has 2 aromatic rings. The zero-order valence-electron chi connectivity index (χ0n) is 11.0. The van der Waals surface area contributed by atoms with Gasteiger partial charge in [-0.2, -0.15) is 0 Å². The van der Waals surface area contributed by atoms with Crippen LogP contribution in [0.4, 0.5) is 4.39 Å². The van der Waals surface area contributed by atoms with Crippen LogP contribution in [0.1, 0.15) is 29.0 Å². The Labute approximate surface area is 126 Å². The van der Waals surface area contributed by atoms with Gasteiger partial charge in [0.15, 0.2) is 0 Å². The Kier molecular flexibility index (Phi) is 5.13. The van der Waals surface area contributed by atoms with E-state index >= 15 is 0 Å². The van der Waals surface area contributed by atoms with Crippen molar-refractivity contribution in [3.8, 4) is 0 Å². The van der Waals surface area contributed by atoms with Crippen LogP contribution in [-0.4, -0.2) is 6.54 Å². The van der Waals surface area contributed by atoms with Gasteiger partial charge in [0.2, 0.25) is 0 Å². The molecular formula is C15H17BrFNS. The molecule has 1 aromatic carbocycles. The molecule has 102 valence electrons. The summed E-state index contributed by atoms with van der Waals surface area (Å²) in [5, 5.41) is 5.63. The average Bonchev–Trinajstić information content (AvgIpc) is 2.79. The first kappa shape index (κ1) is 14.7. The zero-order valence-corrected chi connectivity index (χ0v) is 13.4. The van der Waals surface area contributed by atoms with Crippen molar-refractivity contribution >= 4 is 27.3 Å². The summed E-state index contributed by atoms with van der Waals surface area (Å²) in [6, 6.07) is 7.67. The summed E-state index contributed by atoms with van der Waals surface area (Å²) in [5.74, 6) is -0.212. The lowest BCUT2D eigenvalue weighted by Crippen LogP contribution is -2.22. The molecule has 1 heterocycles. The molecule has 1 aromatic heterocycles. The molecule has 0 aliphatic rings. The fourth-order valence-corrected chi connectivity index (χ4v) is 3.58. The van der Waals surface area contributed by atoms with E-state index < -0.39 is 0 Å². The standard InChI is InChI=1S/C15H17BrFNS/c1-3-18-14(15-10(2)6-7-19-15)9-11-4-5-13(17)12(16)8-11/h4-8,14,18H,3,9H2,1-2H3. The van der Waals surface area contributed by atoms with E-state index in [2.05, 4.69) is 46.5 Å². The molecule has 0 aliphatic heterocycles. The molecule has 0 radical (unpaired) electrons. The van der Waals surface area contributed by atoms with Crippen LogP contribution < -0.4 is 5.32 Å². The van der Waals surface area contributed by atoms with E-state index in [9.17, 15) is 4.39 Å². The highest BCUT2D eigenvalue weighted by Crippen LogP contribution is 2.28. The molecule has 0 spiro atoms. The quantitative estimate of drug-likeness (QED) is 0.819. The van der Waals surface area contributed by atoms with Gasteiger partial charge in [-0.1, -0.05) is 13.0 Å². The van der Waals surface area contributed by atoms with Crippen molar-refractivity contribution in [1.29, 1.82) is 0 Å². The Morgan fingerprint density at radius 2 is 2.16 bits per heavy atom. The maximum atomic E-state index is 13.3. The van der Waals surface area contributed by atoms with Gasteiger partial charge in [-0.15, -0.1) is 11.3 Å².